The number of benzene rings is 1. The maximum atomic E-state index is 6.02. The van der Waals surface area contributed by atoms with Crippen LogP contribution >= 0.6 is 11.6 Å². The zero-order valence-corrected chi connectivity index (χ0v) is 12.9. The molecular weight excluding hydrogens is 272 g/mol. The van der Waals surface area contributed by atoms with Gasteiger partial charge in [-0.25, -0.2) is 4.98 Å². The molecule has 1 heterocycles. The molecule has 0 saturated heterocycles. The Labute approximate surface area is 125 Å². The van der Waals surface area contributed by atoms with Gasteiger partial charge >= 0.3 is 0 Å². The van der Waals surface area contributed by atoms with Crippen LogP contribution in [0, 0.1) is 0 Å². The summed E-state index contributed by atoms with van der Waals surface area (Å²) < 4.78 is 5.78. The van der Waals surface area contributed by atoms with Gasteiger partial charge in [-0.2, -0.15) is 0 Å². The first-order valence-corrected chi connectivity index (χ1v) is 7.61. The van der Waals surface area contributed by atoms with E-state index in [9.17, 15) is 0 Å². The van der Waals surface area contributed by atoms with Gasteiger partial charge in [0.15, 0.2) is 0 Å². The largest absolute Gasteiger partial charge is 0.476 e. The SMILES string of the molecule is CCN(CC)CCOc1cc(CCl)c2ccccc2n1. The molecule has 108 valence electrons. The van der Waals surface area contributed by atoms with E-state index in [2.05, 4.69) is 23.7 Å². The van der Waals surface area contributed by atoms with E-state index in [1.165, 1.54) is 0 Å². The van der Waals surface area contributed by atoms with Crippen LogP contribution in [0.2, 0.25) is 0 Å². The maximum Gasteiger partial charge on any atom is 0.214 e. The summed E-state index contributed by atoms with van der Waals surface area (Å²) in [5.41, 5.74) is 2.00. The third-order valence-corrected chi connectivity index (χ3v) is 3.76. The first-order valence-electron chi connectivity index (χ1n) is 7.08. The monoisotopic (exact) mass is 292 g/mol. The lowest BCUT2D eigenvalue weighted by molar-refractivity contribution is 0.218. The van der Waals surface area contributed by atoms with Gasteiger partial charge in [-0.05, 0) is 24.7 Å². The van der Waals surface area contributed by atoms with Gasteiger partial charge in [0.05, 0.1) is 5.52 Å². The number of alkyl halides is 1. The summed E-state index contributed by atoms with van der Waals surface area (Å²) in [4.78, 5) is 6.86. The molecule has 0 radical (unpaired) electrons. The quantitative estimate of drug-likeness (QED) is 0.728. The molecule has 20 heavy (non-hydrogen) atoms. The standard InChI is InChI=1S/C16H21ClN2O/c1-3-19(4-2)9-10-20-16-11-13(12-17)14-7-5-6-8-15(14)18-16/h5-8,11H,3-4,9-10,12H2,1-2H3. The Morgan fingerprint density at radius 2 is 1.95 bits per heavy atom. The Morgan fingerprint density at radius 1 is 1.20 bits per heavy atom. The second-order valence-corrected chi connectivity index (χ2v) is 4.91. The van der Waals surface area contributed by atoms with Crippen molar-refractivity contribution in [1.29, 1.82) is 0 Å². The minimum atomic E-state index is 0.468. The molecule has 0 bridgehead atoms. The number of rotatable bonds is 7. The van der Waals surface area contributed by atoms with Gasteiger partial charge in [0.25, 0.3) is 0 Å². The van der Waals surface area contributed by atoms with Crippen LogP contribution in [0.4, 0.5) is 0 Å². The van der Waals surface area contributed by atoms with E-state index in [1.807, 2.05) is 30.3 Å². The molecule has 0 unspecified atom stereocenters. The molecule has 2 aromatic rings. The van der Waals surface area contributed by atoms with Crippen LogP contribution in [0.15, 0.2) is 30.3 Å². The van der Waals surface area contributed by atoms with Crippen molar-refractivity contribution in [3.05, 3.63) is 35.9 Å². The summed E-state index contributed by atoms with van der Waals surface area (Å²) in [6.07, 6.45) is 0. The average Bonchev–Trinajstić information content (AvgIpc) is 2.50. The van der Waals surface area contributed by atoms with Crippen molar-refractivity contribution in [2.45, 2.75) is 19.7 Å². The second-order valence-electron chi connectivity index (χ2n) is 4.65. The van der Waals surface area contributed by atoms with Crippen molar-refractivity contribution in [3.63, 3.8) is 0 Å². The molecule has 0 amide bonds. The van der Waals surface area contributed by atoms with Crippen molar-refractivity contribution < 1.29 is 4.74 Å². The number of pyridine rings is 1. The molecule has 0 N–H and O–H groups in total. The molecule has 0 fully saturated rings. The van der Waals surface area contributed by atoms with Crippen LogP contribution in [-0.2, 0) is 5.88 Å². The molecular formula is C16H21ClN2O. The number of aromatic nitrogens is 1. The summed E-state index contributed by atoms with van der Waals surface area (Å²) in [6.45, 7) is 7.95. The van der Waals surface area contributed by atoms with Crippen LogP contribution in [0.1, 0.15) is 19.4 Å². The van der Waals surface area contributed by atoms with Crippen molar-refractivity contribution in [2.75, 3.05) is 26.2 Å². The normalized spacial score (nSPS) is 11.2. The molecule has 3 nitrogen and oxygen atoms in total. The highest BCUT2D eigenvalue weighted by Gasteiger charge is 2.06. The number of hydrogen-bond donors (Lipinski definition) is 0. The van der Waals surface area contributed by atoms with Gasteiger partial charge in [0.1, 0.15) is 6.61 Å². The topological polar surface area (TPSA) is 25.4 Å². The number of halogens is 1. The van der Waals surface area contributed by atoms with E-state index in [1.54, 1.807) is 0 Å². The Kier molecular flexibility index (Phi) is 5.62. The minimum absolute atomic E-state index is 0.468. The number of likely N-dealkylation sites (N-methyl/N-ethyl adjacent to an activating group) is 1. The fourth-order valence-corrected chi connectivity index (χ4v) is 2.45. The summed E-state index contributed by atoms with van der Waals surface area (Å²) in [5, 5.41) is 1.10. The van der Waals surface area contributed by atoms with Gasteiger partial charge in [-0.1, -0.05) is 32.0 Å². The summed E-state index contributed by atoms with van der Waals surface area (Å²) in [6, 6.07) is 9.95. The predicted octanol–water partition coefficient (Wildman–Crippen LogP) is 3.69. The van der Waals surface area contributed by atoms with Crippen LogP contribution in [0.25, 0.3) is 10.9 Å². The first kappa shape index (κ1) is 15.1. The van der Waals surface area contributed by atoms with E-state index in [0.717, 1.165) is 36.1 Å². The van der Waals surface area contributed by atoms with Gasteiger partial charge in [-0.3, -0.25) is 0 Å². The first-order chi connectivity index (χ1) is 9.78. The molecule has 2 rings (SSSR count). The smallest absolute Gasteiger partial charge is 0.214 e. The maximum absolute atomic E-state index is 6.02. The third-order valence-electron chi connectivity index (χ3n) is 3.47. The van der Waals surface area contributed by atoms with Crippen molar-refractivity contribution in [1.82, 2.24) is 9.88 Å². The Bertz CT molecular complexity index is 555. The number of fused-ring (bicyclic) bond motifs is 1. The molecule has 0 aliphatic carbocycles. The number of ether oxygens (including phenoxy) is 1. The fourth-order valence-electron chi connectivity index (χ4n) is 2.22. The van der Waals surface area contributed by atoms with Crippen molar-refractivity contribution >= 4 is 22.5 Å². The number of nitrogens with zero attached hydrogens (tertiary/aromatic N) is 2. The fraction of sp³-hybridized carbons (Fsp3) is 0.438. The highest BCUT2D eigenvalue weighted by Crippen LogP contribution is 2.23. The molecule has 1 aromatic heterocycles. The summed E-state index contributed by atoms with van der Waals surface area (Å²) in [5.74, 6) is 1.13. The molecule has 0 aliphatic heterocycles. The van der Waals surface area contributed by atoms with Crippen LogP contribution in [0.3, 0.4) is 0 Å². The lowest BCUT2D eigenvalue weighted by atomic mass is 10.1. The van der Waals surface area contributed by atoms with Crippen molar-refractivity contribution in [2.24, 2.45) is 0 Å². The van der Waals surface area contributed by atoms with Crippen LogP contribution in [-0.4, -0.2) is 36.1 Å². The summed E-state index contributed by atoms with van der Waals surface area (Å²) in [7, 11) is 0. The summed E-state index contributed by atoms with van der Waals surface area (Å²) >= 11 is 6.02. The van der Waals surface area contributed by atoms with E-state index >= 15 is 0 Å². The lowest BCUT2D eigenvalue weighted by Gasteiger charge is -2.18. The molecule has 4 heteroatoms. The van der Waals surface area contributed by atoms with Gasteiger partial charge in [0, 0.05) is 23.9 Å². The van der Waals surface area contributed by atoms with Gasteiger partial charge in [-0.15, -0.1) is 11.6 Å². The predicted molar refractivity (Wildman–Crippen MR) is 84.6 cm³/mol. The van der Waals surface area contributed by atoms with Crippen LogP contribution in [0.5, 0.6) is 5.88 Å². The Balaban J connectivity index is 2.10. The van der Waals surface area contributed by atoms with Crippen LogP contribution < -0.4 is 4.74 Å². The lowest BCUT2D eigenvalue weighted by Crippen LogP contribution is -2.28. The molecule has 0 aliphatic rings. The zero-order valence-electron chi connectivity index (χ0n) is 12.1. The Morgan fingerprint density at radius 3 is 2.65 bits per heavy atom. The van der Waals surface area contributed by atoms with Gasteiger partial charge < -0.3 is 9.64 Å². The van der Waals surface area contributed by atoms with E-state index in [0.29, 0.717) is 18.4 Å². The third kappa shape index (κ3) is 3.62. The minimum Gasteiger partial charge on any atom is -0.476 e. The zero-order chi connectivity index (χ0) is 14.4. The van der Waals surface area contributed by atoms with E-state index in [-0.39, 0.29) is 0 Å². The second kappa shape index (κ2) is 7.46. The highest BCUT2D eigenvalue weighted by molar-refractivity contribution is 6.18. The molecule has 0 atom stereocenters. The molecule has 0 saturated carbocycles. The molecule has 0 spiro atoms. The van der Waals surface area contributed by atoms with Crippen molar-refractivity contribution in [3.8, 4) is 5.88 Å². The Hall–Kier alpha value is -1.32. The van der Waals surface area contributed by atoms with E-state index in [4.69, 9.17) is 16.3 Å². The highest BCUT2D eigenvalue weighted by atomic mass is 35.5. The van der Waals surface area contributed by atoms with Gasteiger partial charge in [0.2, 0.25) is 5.88 Å². The van der Waals surface area contributed by atoms with E-state index < -0.39 is 0 Å². The number of hydrogen-bond acceptors (Lipinski definition) is 3. The molecule has 1 aromatic carbocycles. The number of para-hydroxylation sites is 1. The average molecular weight is 293 g/mol.